The normalized spacial score (nSPS) is 12.3. The van der Waals surface area contributed by atoms with Gasteiger partial charge in [0.1, 0.15) is 0 Å². The topological polar surface area (TPSA) is 44.0 Å². The van der Waals surface area contributed by atoms with E-state index in [1.807, 2.05) is 42.5 Å². The fourth-order valence-corrected chi connectivity index (χ4v) is 1.56. The Balaban J connectivity index is 2.72. The van der Waals surface area contributed by atoms with Crippen LogP contribution < -0.4 is 0 Å². The van der Waals surface area contributed by atoms with E-state index in [2.05, 4.69) is 0 Å². The number of nitriles is 1. The molecule has 0 saturated carbocycles. The van der Waals surface area contributed by atoms with Crippen LogP contribution in [-0.4, -0.2) is 5.11 Å². The van der Waals surface area contributed by atoms with Crippen LogP contribution in [0.2, 0.25) is 0 Å². The minimum atomic E-state index is -1.04. The van der Waals surface area contributed by atoms with Gasteiger partial charge in [0.05, 0.1) is 6.07 Å². The molecule has 2 nitrogen and oxygen atoms in total. The number of nitrogens with zero attached hydrogens (tertiary/aromatic N) is 1. The van der Waals surface area contributed by atoms with Crippen LogP contribution in [0, 0.1) is 11.3 Å². The molecule has 2 heteroatoms. The van der Waals surface area contributed by atoms with Gasteiger partial charge in [0.15, 0.2) is 6.10 Å². The third-order valence-electron chi connectivity index (χ3n) is 2.24. The Hall–Kier alpha value is -1.85. The zero-order valence-electron chi connectivity index (χ0n) is 7.51. The summed E-state index contributed by atoms with van der Waals surface area (Å²) >= 11 is 0. The van der Waals surface area contributed by atoms with Crippen LogP contribution in [-0.2, 0) is 0 Å². The average Bonchev–Trinajstić information content (AvgIpc) is 2.27. The lowest BCUT2D eigenvalue weighted by molar-refractivity contribution is 0.237. The summed E-state index contributed by atoms with van der Waals surface area (Å²) in [5.41, 5.74) is 0.672. The Bertz CT molecular complexity index is 494. The van der Waals surface area contributed by atoms with Crippen molar-refractivity contribution in [3.05, 3.63) is 48.0 Å². The molecule has 0 aromatic heterocycles. The van der Waals surface area contributed by atoms with Crippen molar-refractivity contribution in [3.63, 3.8) is 0 Å². The zero-order valence-corrected chi connectivity index (χ0v) is 7.51. The number of fused-ring (bicyclic) bond motifs is 1. The highest BCUT2D eigenvalue weighted by Crippen LogP contribution is 2.23. The quantitative estimate of drug-likeness (QED) is 0.690. The van der Waals surface area contributed by atoms with Crippen molar-refractivity contribution in [2.75, 3.05) is 0 Å². The number of benzene rings is 2. The molecule has 0 aliphatic carbocycles. The van der Waals surface area contributed by atoms with E-state index in [4.69, 9.17) is 5.26 Å². The fourth-order valence-electron chi connectivity index (χ4n) is 1.56. The molecule has 2 aromatic rings. The number of hydrogen-bond acceptors (Lipinski definition) is 2. The first kappa shape index (κ1) is 8.74. The molecule has 2 rings (SSSR count). The van der Waals surface area contributed by atoms with Gasteiger partial charge in [-0.05, 0) is 10.8 Å². The summed E-state index contributed by atoms with van der Waals surface area (Å²) < 4.78 is 0. The summed E-state index contributed by atoms with van der Waals surface area (Å²) in [6.45, 7) is 0. The van der Waals surface area contributed by atoms with Gasteiger partial charge in [0.25, 0.3) is 0 Å². The van der Waals surface area contributed by atoms with Gasteiger partial charge in [-0.25, -0.2) is 0 Å². The summed E-state index contributed by atoms with van der Waals surface area (Å²) in [4.78, 5) is 0. The number of rotatable bonds is 1. The Kier molecular flexibility index (Phi) is 2.18. The highest BCUT2D eigenvalue weighted by molar-refractivity contribution is 5.86. The highest BCUT2D eigenvalue weighted by Gasteiger charge is 2.08. The van der Waals surface area contributed by atoms with Gasteiger partial charge in [-0.3, -0.25) is 0 Å². The second kappa shape index (κ2) is 3.49. The summed E-state index contributed by atoms with van der Waals surface area (Å²) in [5.74, 6) is 0. The maximum absolute atomic E-state index is 9.47. The third-order valence-corrected chi connectivity index (χ3v) is 2.24. The van der Waals surface area contributed by atoms with E-state index in [0.717, 1.165) is 10.8 Å². The molecule has 0 aliphatic rings. The third kappa shape index (κ3) is 1.34. The molecular formula is C12H9NO. The lowest BCUT2D eigenvalue weighted by Crippen LogP contribution is -1.93. The smallest absolute Gasteiger partial charge is 0.166 e. The molecule has 68 valence electrons. The number of aliphatic hydroxyl groups excluding tert-OH is 1. The monoisotopic (exact) mass is 183 g/mol. The van der Waals surface area contributed by atoms with Crippen molar-refractivity contribution < 1.29 is 5.11 Å². The van der Waals surface area contributed by atoms with Crippen LogP contribution in [0.5, 0.6) is 0 Å². The Morgan fingerprint density at radius 3 is 2.57 bits per heavy atom. The van der Waals surface area contributed by atoms with E-state index in [-0.39, 0.29) is 0 Å². The van der Waals surface area contributed by atoms with E-state index in [0.29, 0.717) is 5.56 Å². The van der Waals surface area contributed by atoms with Crippen molar-refractivity contribution in [1.29, 1.82) is 5.26 Å². The molecule has 0 saturated heterocycles. The summed E-state index contributed by atoms with van der Waals surface area (Å²) in [5, 5.41) is 20.1. The fraction of sp³-hybridized carbons (Fsp3) is 0.0833. The predicted octanol–water partition coefficient (Wildman–Crippen LogP) is 2.40. The Morgan fingerprint density at radius 1 is 1.07 bits per heavy atom. The molecule has 1 atom stereocenters. The lowest BCUT2D eigenvalue weighted by atomic mass is 10.0. The van der Waals surface area contributed by atoms with Gasteiger partial charge in [-0.1, -0.05) is 42.5 Å². The molecule has 1 N–H and O–H groups in total. The van der Waals surface area contributed by atoms with Crippen molar-refractivity contribution in [1.82, 2.24) is 0 Å². The molecule has 0 fully saturated rings. The SMILES string of the molecule is N#CC(O)c1cccc2ccccc12. The molecule has 0 heterocycles. The van der Waals surface area contributed by atoms with E-state index in [1.54, 1.807) is 6.07 Å². The first-order chi connectivity index (χ1) is 6.83. The van der Waals surface area contributed by atoms with E-state index in [9.17, 15) is 5.11 Å². The molecule has 1 unspecified atom stereocenters. The maximum atomic E-state index is 9.47. The number of aliphatic hydroxyl groups is 1. The largest absolute Gasteiger partial charge is 0.374 e. The first-order valence-corrected chi connectivity index (χ1v) is 4.38. The standard InChI is InChI=1S/C12H9NO/c13-8-12(14)11-7-3-5-9-4-1-2-6-10(9)11/h1-7,12,14H. The molecule has 0 radical (unpaired) electrons. The molecule has 0 aliphatic heterocycles. The van der Waals surface area contributed by atoms with Gasteiger partial charge >= 0.3 is 0 Å². The van der Waals surface area contributed by atoms with Gasteiger partial charge in [-0.15, -0.1) is 0 Å². The van der Waals surface area contributed by atoms with Gasteiger partial charge in [0, 0.05) is 5.56 Å². The minimum absolute atomic E-state index is 0.672. The van der Waals surface area contributed by atoms with Gasteiger partial charge in [-0.2, -0.15) is 5.26 Å². The summed E-state index contributed by atoms with van der Waals surface area (Å²) in [6, 6.07) is 15.1. The van der Waals surface area contributed by atoms with Crippen LogP contribution in [0.15, 0.2) is 42.5 Å². The molecular weight excluding hydrogens is 174 g/mol. The number of hydrogen-bond donors (Lipinski definition) is 1. The van der Waals surface area contributed by atoms with Crippen molar-refractivity contribution in [3.8, 4) is 6.07 Å². The predicted molar refractivity (Wildman–Crippen MR) is 54.5 cm³/mol. The van der Waals surface area contributed by atoms with Crippen molar-refractivity contribution >= 4 is 10.8 Å². The average molecular weight is 183 g/mol. The Morgan fingerprint density at radius 2 is 1.79 bits per heavy atom. The van der Waals surface area contributed by atoms with Gasteiger partial charge < -0.3 is 5.11 Å². The second-order valence-electron chi connectivity index (χ2n) is 3.10. The molecule has 0 bridgehead atoms. The van der Waals surface area contributed by atoms with Crippen LogP contribution in [0.4, 0.5) is 0 Å². The van der Waals surface area contributed by atoms with Crippen LogP contribution in [0.25, 0.3) is 10.8 Å². The van der Waals surface area contributed by atoms with Crippen LogP contribution in [0.3, 0.4) is 0 Å². The first-order valence-electron chi connectivity index (χ1n) is 4.38. The highest BCUT2D eigenvalue weighted by atomic mass is 16.3. The van der Waals surface area contributed by atoms with Crippen LogP contribution >= 0.6 is 0 Å². The minimum Gasteiger partial charge on any atom is -0.374 e. The summed E-state index contributed by atoms with van der Waals surface area (Å²) in [6.07, 6.45) is -1.04. The van der Waals surface area contributed by atoms with Crippen molar-refractivity contribution in [2.45, 2.75) is 6.10 Å². The molecule has 0 spiro atoms. The molecule has 14 heavy (non-hydrogen) atoms. The Labute approximate surface area is 82.0 Å². The van der Waals surface area contributed by atoms with E-state index < -0.39 is 6.10 Å². The lowest BCUT2D eigenvalue weighted by Gasteiger charge is -2.06. The maximum Gasteiger partial charge on any atom is 0.166 e. The zero-order chi connectivity index (χ0) is 9.97. The second-order valence-corrected chi connectivity index (χ2v) is 3.10. The van der Waals surface area contributed by atoms with Crippen LogP contribution in [0.1, 0.15) is 11.7 Å². The van der Waals surface area contributed by atoms with E-state index >= 15 is 0 Å². The summed E-state index contributed by atoms with van der Waals surface area (Å²) in [7, 11) is 0. The van der Waals surface area contributed by atoms with E-state index in [1.165, 1.54) is 0 Å². The van der Waals surface area contributed by atoms with Gasteiger partial charge in [0.2, 0.25) is 0 Å². The van der Waals surface area contributed by atoms with Crippen molar-refractivity contribution in [2.24, 2.45) is 0 Å². The molecule has 2 aromatic carbocycles. The molecule has 0 amide bonds.